The van der Waals surface area contributed by atoms with Crippen molar-refractivity contribution in [3.05, 3.63) is 58.5 Å². The van der Waals surface area contributed by atoms with Crippen molar-refractivity contribution in [2.24, 2.45) is 0 Å². The largest absolute Gasteiger partial charge is 0.492 e. The van der Waals surface area contributed by atoms with E-state index in [9.17, 15) is 9.59 Å². The maximum atomic E-state index is 12.2. The fraction of sp³-hybridized carbons (Fsp3) is 0.389. The molecule has 7 heteroatoms. The monoisotopic (exact) mass is 344 g/mol. The van der Waals surface area contributed by atoms with Crippen molar-refractivity contribution in [1.29, 1.82) is 0 Å². The predicted molar refractivity (Wildman–Crippen MR) is 95.9 cm³/mol. The lowest BCUT2D eigenvalue weighted by molar-refractivity contribution is 0.0935. The molecule has 0 bridgehead atoms. The number of hydrogen-bond acceptors (Lipinski definition) is 5. The molecular formula is C18H24N4O3. The van der Waals surface area contributed by atoms with Gasteiger partial charge in [0.25, 0.3) is 11.5 Å². The van der Waals surface area contributed by atoms with Crippen LogP contribution in [0.2, 0.25) is 0 Å². The molecule has 0 saturated carbocycles. The number of aromatic nitrogens is 2. The summed E-state index contributed by atoms with van der Waals surface area (Å²) < 4.78 is 6.81. The lowest BCUT2D eigenvalue weighted by atomic mass is 10.3. The molecule has 2 rings (SSSR count). The smallest absolute Gasteiger partial charge is 0.271 e. The van der Waals surface area contributed by atoms with Gasteiger partial charge in [0.05, 0.1) is 6.54 Å². The highest BCUT2D eigenvalue weighted by Crippen LogP contribution is 2.07. The van der Waals surface area contributed by atoms with E-state index < -0.39 is 0 Å². The van der Waals surface area contributed by atoms with Crippen LogP contribution < -0.4 is 15.6 Å². The Morgan fingerprint density at radius 2 is 1.96 bits per heavy atom. The Hall–Kier alpha value is -2.67. The Morgan fingerprint density at radius 3 is 2.64 bits per heavy atom. The van der Waals surface area contributed by atoms with Crippen LogP contribution in [-0.4, -0.2) is 53.9 Å². The second-order valence-corrected chi connectivity index (χ2v) is 5.96. The summed E-state index contributed by atoms with van der Waals surface area (Å²) in [5.41, 5.74) is -0.0554. The molecule has 0 fully saturated rings. The van der Waals surface area contributed by atoms with E-state index in [0.29, 0.717) is 13.2 Å². The van der Waals surface area contributed by atoms with Crippen molar-refractivity contribution >= 4 is 5.91 Å². The topological polar surface area (TPSA) is 76.5 Å². The quantitative estimate of drug-likeness (QED) is 0.773. The second-order valence-electron chi connectivity index (χ2n) is 5.96. The number of carbonyl (C=O) groups is 1. The van der Waals surface area contributed by atoms with E-state index in [2.05, 4.69) is 10.4 Å². The summed E-state index contributed by atoms with van der Waals surface area (Å²) in [6, 6.07) is 12.3. The van der Waals surface area contributed by atoms with Crippen LogP contribution in [-0.2, 0) is 6.54 Å². The van der Waals surface area contributed by atoms with E-state index in [1.165, 1.54) is 16.8 Å². The lowest BCUT2D eigenvalue weighted by Crippen LogP contribution is -2.39. The zero-order valence-corrected chi connectivity index (χ0v) is 14.8. The Bertz CT molecular complexity index is 743. The normalized spacial score (nSPS) is 12.0. The fourth-order valence-electron chi connectivity index (χ4n) is 2.01. The molecular weight excluding hydrogens is 320 g/mol. The Balaban J connectivity index is 1.94. The van der Waals surface area contributed by atoms with E-state index in [-0.39, 0.29) is 29.7 Å². The first kappa shape index (κ1) is 18.7. The minimum Gasteiger partial charge on any atom is -0.492 e. The summed E-state index contributed by atoms with van der Waals surface area (Å²) in [6.07, 6.45) is 0. The van der Waals surface area contributed by atoms with Crippen LogP contribution in [0.15, 0.2) is 47.3 Å². The summed E-state index contributed by atoms with van der Waals surface area (Å²) >= 11 is 0. The van der Waals surface area contributed by atoms with Gasteiger partial charge < -0.3 is 15.0 Å². The molecule has 134 valence electrons. The van der Waals surface area contributed by atoms with Gasteiger partial charge in [-0.3, -0.25) is 9.59 Å². The zero-order valence-electron chi connectivity index (χ0n) is 14.8. The molecule has 0 aliphatic heterocycles. The number of hydrogen-bond donors (Lipinski definition) is 1. The van der Waals surface area contributed by atoms with Gasteiger partial charge in [0.15, 0.2) is 0 Å². The molecule has 0 saturated heterocycles. The van der Waals surface area contributed by atoms with E-state index >= 15 is 0 Å². The minimum absolute atomic E-state index is 0.203. The molecule has 0 aliphatic carbocycles. The number of rotatable bonds is 8. The lowest BCUT2D eigenvalue weighted by Gasteiger charge is -2.19. The predicted octanol–water partition coefficient (Wildman–Crippen LogP) is 1.00. The van der Waals surface area contributed by atoms with Crippen molar-refractivity contribution in [2.45, 2.75) is 19.5 Å². The van der Waals surface area contributed by atoms with Crippen molar-refractivity contribution in [2.75, 3.05) is 27.2 Å². The standard InChI is InChI=1S/C18H24N4O3/c1-14(21(2)3)13-19-18(24)16-9-10-17(23)22(20-16)11-12-25-15-7-5-4-6-8-15/h4-10,14H,11-13H2,1-3H3,(H,19,24)/t14-/m1/s1. The highest BCUT2D eigenvalue weighted by atomic mass is 16.5. The van der Waals surface area contributed by atoms with E-state index in [1.807, 2.05) is 56.3 Å². The maximum absolute atomic E-state index is 12.2. The molecule has 1 N–H and O–H groups in total. The molecule has 1 aromatic heterocycles. The summed E-state index contributed by atoms with van der Waals surface area (Å²) in [4.78, 5) is 26.1. The summed E-state index contributed by atoms with van der Waals surface area (Å²) in [6.45, 7) is 3.07. The number of nitrogens with one attached hydrogen (secondary N) is 1. The summed E-state index contributed by atoms with van der Waals surface area (Å²) in [5.74, 6) is 0.425. The number of benzene rings is 1. The molecule has 1 aromatic carbocycles. The summed E-state index contributed by atoms with van der Waals surface area (Å²) in [5, 5.41) is 6.94. The fourth-order valence-corrected chi connectivity index (χ4v) is 2.01. The van der Waals surface area contributed by atoms with Gasteiger partial charge in [-0.15, -0.1) is 0 Å². The van der Waals surface area contributed by atoms with Crippen LogP contribution in [0.3, 0.4) is 0 Å². The Morgan fingerprint density at radius 1 is 1.24 bits per heavy atom. The molecule has 0 unspecified atom stereocenters. The molecule has 1 amide bonds. The van der Waals surface area contributed by atoms with Crippen LogP contribution in [0.4, 0.5) is 0 Å². The van der Waals surface area contributed by atoms with Crippen LogP contribution in [0.25, 0.3) is 0 Å². The van der Waals surface area contributed by atoms with E-state index in [4.69, 9.17) is 4.74 Å². The van der Waals surface area contributed by atoms with Gasteiger partial charge >= 0.3 is 0 Å². The van der Waals surface area contributed by atoms with Gasteiger partial charge in [-0.1, -0.05) is 18.2 Å². The SMILES string of the molecule is C[C@H](CNC(=O)c1ccc(=O)n(CCOc2ccccc2)n1)N(C)C. The number of carbonyl (C=O) groups excluding carboxylic acids is 1. The van der Waals surface area contributed by atoms with E-state index in [0.717, 1.165) is 5.75 Å². The summed E-state index contributed by atoms with van der Waals surface area (Å²) in [7, 11) is 3.89. The van der Waals surface area contributed by atoms with Crippen molar-refractivity contribution < 1.29 is 9.53 Å². The second kappa shape index (κ2) is 8.98. The van der Waals surface area contributed by atoms with Crippen molar-refractivity contribution in [1.82, 2.24) is 20.0 Å². The van der Waals surface area contributed by atoms with Gasteiger partial charge in [-0.2, -0.15) is 5.10 Å². The molecule has 0 radical (unpaired) electrons. The van der Waals surface area contributed by atoms with Crippen LogP contribution in [0.5, 0.6) is 5.75 Å². The van der Waals surface area contributed by atoms with Crippen LogP contribution in [0.1, 0.15) is 17.4 Å². The van der Waals surface area contributed by atoms with Crippen LogP contribution in [0, 0.1) is 0 Å². The van der Waals surface area contributed by atoms with Gasteiger partial charge in [-0.05, 0) is 39.2 Å². The Labute approximate surface area is 147 Å². The third-order valence-corrected chi connectivity index (χ3v) is 3.85. The molecule has 2 aromatic rings. The third-order valence-electron chi connectivity index (χ3n) is 3.85. The number of ether oxygens (including phenoxy) is 1. The number of nitrogens with zero attached hydrogens (tertiary/aromatic N) is 3. The highest BCUT2D eigenvalue weighted by molar-refractivity contribution is 5.91. The molecule has 0 aliphatic rings. The van der Waals surface area contributed by atoms with Gasteiger partial charge in [-0.25, -0.2) is 4.68 Å². The molecule has 1 heterocycles. The van der Waals surface area contributed by atoms with Crippen molar-refractivity contribution in [3.63, 3.8) is 0 Å². The van der Waals surface area contributed by atoms with Gasteiger partial charge in [0.1, 0.15) is 18.1 Å². The Kier molecular flexibility index (Phi) is 6.71. The molecule has 0 spiro atoms. The minimum atomic E-state index is -0.300. The molecule has 1 atom stereocenters. The first-order valence-corrected chi connectivity index (χ1v) is 8.18. The average Bonchev–Trinajstić information content (AvgIpc) is 2.61. The zero-order chi connectivity index (χ0) is 18.2. The first-order chi connectivity index (χ1) is 12.0. The van der Waals surface area contributed by atoms with Crippen LogP contribution >= 0.6 is 0 Å². The van der Waals surface area contributed by atoms with Gasteiger partial charge in [0, 0.05) is 18.7 Å². The first-order valence-electron chi connectivity index (χ1n) is 8.18. The van der Waals surface area contributed by atoms with Gasteiger partial charge in [0.2, 0.25) is 0 Å². The molecule has 25 heavy (non-hydrogen) atoms. The van der Waals surface area contributed by atoms with E-state index in [1.54, 1.807) is 0 Å². The number of para-hydroxylation sites is 1. The average molecular weight is 344 g/mol. The number of likely N-dealkylation sites (N-methyl/N-ethyl adjacent to an activating group) is 1. The number of amides is 1. The van der Waals surface area contributed by atoms with Crippen molar-refractivity contribution in [3.8, 4) is 5.75 Å². The maximum Gasteiger partial charge on any atom is 0.271 e. The molecule has 7 nitrogen and oxygen atoms in total. The highest BCUT2D eigenvalue weighted by Gasteiger charge is 2.12. The third kappa shape index (κ3) is 5.72.